The highest BCUT2D eigenvalue weighted by Crippen LogP contribution is 2.30. The molecule has 23 heavy (non-hydrogen) atoms. The van der Waals surface area contributed by atoms with E-state index in [4.69, 9.17) is 10.8 Å². The monoisotopic (exact) mass is 308 g/mol. The number of carbonyl (C=O) groups is 1. The summed E-state index contributed by atoms with van der Waals surface area (Å²) in [6, 6.07) is 15.6. The highest BCUT2D eigenvalue weighted by molar-refractivity contribution is 5.90. The van der Waals surface area contributed by atoms with Gasteiger partial charge in [-0.15, -0.1) is 0 Å². The molecule has 1 unspecified atom stereocenters. The summed E-state index contributed by atoms with van der Waals surface area (Å²) in [4.78, 5) is 11.1. The number of hydrogen-bond donors (Lipinski definition) is 2. The summed E-state index contributed by atoms with van der Waals surface area (Å²) < 4.78 is 2.09. The molecule has 2 aromatic carbocycles. The van der Waals surface area contributed by atoms with Gasteiger partial charge in [-0.3, -0.25) is 4.79 Å². The minimum atomic E-state index is -0.972. The lowest BCUT2D eigenvalue weighted by atomic mass is 9.99. The van der Waals surface area contributed by atoms with Crippen LogP contribution < -0.4 is 5.73 Å². The SMILES string of the molecule is Cc1c(CC(N)C(=O)O)c2cc(-c3ccccc3)ccc2n1C. The molecule has 3 aromatic rings. The number of carboxylic acids is 1. The van der Waals surface area contributed by atoms with E-state index >= 15 is 0 Å². The first kappa shape index (κ1) is 15.3. The quantitative estimate of drug-likeness (QED) is 0.778. The van der Waals surface area contributed by atoms with Crippen LogP contribution in [0.4, 0.5) is 0 Å². The third kappa shape index (κ3) is 2.73. The van der Waals surface area contributed by atoms with Gasteiger partial charge in [-0.2, -0.15) is 0 Å². The Labute approximate surface area is 135 Å². The Kier molecular flexibility index (Phi) is 3.92. The lowest BCUT2D eigenvalue weighted by Gasteiger charge is -2.07. The molecule has 0 spiro atoms. The van der Waals surface area contributed by atoms with Crippen molar-refractivity contribution in [1.29, 1.82) is 0 Å². The highest BCUT2D eigenvalue weighted by atomic mass is 16.4. The van der Waals surface area contributed by atoms with Crippen LogP contribution in [0.2, 0.25) is 0 Å². The van der Waals surface area contributed by atoms with Crippen LogP contribution >= 0.6 is 0 Å². The van der Waals surface area contributed by atoms with Crippen molar-refractivity contribution in [2.75, 3.05) is 0 Å². The molecule has 0 fully saturated rings. The predicted octanol–water partition coefficient (Wildman–Crippen LogP) is 3.11. The number of carboxylic acid groups (broad SMARTS) is 1. The molecule has 0 bridgehead atoms. The molecule has 3 rings (SSSR count). The van der Waals surface area contributed by atoms with Gasteiger partial charge in [0.05, 0.1) is 0 Å². The maximum absolute atomic E-state index is 11.1. The van der Waals surface area contributed by atoms with Gasteiger partial charge in [0.25, 0.3) is 0 Å². The molecule has 0 saturated heterocycles. The Morgan fingerprint density at radius 1 is 1.17 bits per heavy atom. The van der Waals surface area contributed by atoms with Crippen molar-refractivity contribution in [3.05, 3.63) is 59.8 Å². The summed E-state index contributed by atoms with van der Waals surface area (Å²) in [5.74, 6) is -0.972. The van der Waals surface area contributed by atoms with Gasteiger partial charge in [-0.1, -0.05) is 36.4 Å². The first-order valence-electron chi connectivity index (χ1n) is 7.60. The van der Waals surface area contributed by atoms with Crippen molar-refractivity contribution in [2.45, 2.75) is 19.4 Å². The zero-order valence-electron chi connectivity index (χ0n) is 13.3. The summed E-state index contributed by atoms with van der Waals surface area (Å²) in [5.41, 5.74) is 11.2. The average molecular weight is 308 g/mol. The van der Waals surface area contributed by atoms with E-state index in [9.17, 15) is 4.79 Å². The lowest BCUT2D eigenvalue weighted by molar-refractivity contribution is -0.138. The fourth-order valence-corrected chi connectivity index (χ4v) is 3.02. The number of fused-ring (bicyclic) bond motifs is 1. The lowest BCUT2D eigenvalue weighted by Crippen LogP contribution is -2.32. The molecule has 0 aliphatic carbocycles. The van der Waals surface area contributed by atoms with Gasteiger partial charge in [0.15, 0.2) is 0 Å². The van der Waals surface area contributed by atoms with Gasteiger partial charge in [-0.25, -0.2) is 0 Å². The second-order valence-corrected chi connectivity index (χ2v) is 5.87. The second kappa shape index (κ2) is 5.89. The number of aryl methyl sites for hydroxylation is 1. The molecule has 0 radical (unpaired) electrons. The molecule has 1 atom stereocenters. The first-order valence-corrected chi connectivity index (χ1v) is 7.60. The van der Waals surface area contributed by atoms with Crippen molar-refractivity contribution in [3.8, 4) is 11.1 Å². The van der Waals surface area contributed by atoms with Gasteiger partial charge in [0.2, 0.25) is 0 Å². The topological polar surface area (TPSA) is 68.2 Å². The van der Waals surface area contributed by atoms with Gasteiger partial charge < -0.3 is 15.4 Å². The molecule has 4 heteroatoms. The van der Waals surface area contributed by atoms with E-state index in [1.165, 1.54) is 0 Å². The van der Waals surface area contributed by atoms with E-state index in [1.807, 2.05) is 32.2 Å². The fourth-order valence-electron chi connectivity index (χ4n) is 3.02. The standard InChI is InChI=1S/C19H20N2O2/c1-12-15(11-17(20)19(22)23)16-10-14(8-9-18(16)21(12)2)13-6-4-3-5-7-13/h3-10,17H,11,20H2,1-2H3,(H,22,23). The predicted molar refractivity (Wildman–Crippen MR) is 92.4 cm³/mol. The summed E-state index contributed by atoms with van der Waals surface area (Å²) in [5, 5.41) is 10.2. The Morgan fingerprint density at radius 3 is 2.52 bits per heavy atom. The molecule has 0 aliphatic rings. The summed E-state index contributed by atoms with van der Waals surface area (Å²) >= 11 is 0. The number of hydrogen-bond acceptors (Lipinski definition) is 2. The van der Waals surface area contributed by atoms with Crippen molar-refractivity contribution in [1.82, 2.24) is 4.57 Å². The summed E-state index contributed by atoms with van der Waals surface area (Å²) in [6.07, 6.45) is 0.330. The average Bonchev–Trinajstić information content (AvgIpc) is 2.80. The van der Waals surface area contributed by atoms with Gasteiger partial charge in [-0.05, 0) is 35.7 Å². The number of nitrogens with two attached hydrogens (primary N) is 1. The van der Waals surface area contributed by atoms with Crippen LogP contribution in [0.25, 0.3) is 22.0 Å². The largest absolute Gasteiger partial charge is 0.480 e. The molecule has 0 aliphatic heterocycles. The van der Waals surface area contributed by atoms with Crippen LogP contribution in [-0.2, 0) is 18.3 Å². The van der Waals surface area contributed by atoms with Gasteiger partial charge >= 0.3 is 5.97 Å². The van der Waals surface area contributed by atoms with Gasteiger partial charge in [0.1, 0.15) is 6.04 Å². The van der Waals surface area contributed by atoms with Crippen LogP contribution in [-0.4, -0.2) is 21.7 Å². The Bertz CT molecular complexity index is 866. The first-order chi connectivity index (χ1) is 11.0. The fraction of sp³-hybridized carbons (Fsp3) is 0.211. The Hall–Kier alpha value is -2.59. The highest BCUT2D eigenvalue weighted by Gasteiger charge is 2.19. The molecular formula is C19H20N2O2. The summed E-state index contributed by atoms with van der Waals surface area (Å²) in [6.45, 7) is 2.01. The van der Waals surface area contributed by atoms with Crippen molar-refractivity contribution in [2.24, 2.45) is 12.8 Å². The minimum absolute atomic E-state index is 0.330. The Morgan fingerprint density at radius 2 is 1.87 bits per heavy atom. The zero-order valence-corrected chi connectivity index (χ0v) is 13.3. The third-order valence-corrected chi connectivity index (χ3v) is 4.47. The number of aliphatic carboxylic acids is 1. The van der Waals surface area contributed by atoms with Crippen LogP contribution in [0.5, 0.6) is 0 Å². The second-order valence-electron chi connectivity index (χ2n) is 5.87. The van der Waals surface area contributed by atoms with E-state index in [-0.39, 0.29) is 0 Å². The maximum Gasteiger partial charge on any atom is 0.320 e. The summed E-state index contributed by atoms with van der Waals surface area (Å²) in [7, 11) is 2.00. The molecule has 0 saturated carbocycles. The van der Waals surface area contributed by atoms with E-state index in [0.717, 1.165) is 33.3 Å². The molecule has 0 amide bonds. The third-order valence-electron chi connectivity index (χ3n) is 4.47. The van der Waals surface area contributed by atoms with Crippen LogP contribution in [0.1, 0.15) is 11.3 Å². The van der Waals surface area contributed by atoms with Crippen LogP contribution in [0, 0.1) is 6.92 Å². The smallest absolute Gasteiger partial charge is 0.320 e. The number of nitrogens with zero attached hydrogens (tertiary/aromatic N) is 1. The van der Waals surface area contributed by atoms with Crippen LogP contribution in [0.3, 0.4) is 0 Å². The normalized spacial score (nSPS) is 12.5. The Balaban J connectivity index is 2.15. The molecular weight excluding hydrogens is 288 g/mol. The van der Waals surface area contributed by atoms with Crippen molar-refractivity contribution < 1.29 is 9.90 Å². The number of rotatable bonds is 4. The van der Waals surface area contributed by atoms with Gasteiger partial charge in [0, 0.05) is 30.1 Å². The van der Waals surface area contributed by atoms with Crippen LogP contribution in [0.15, 0.2) is 48.5 Å². The molecule has 1 heterocycles. The number of benzene rings is 2. The van der Waals surface area contributed by atoms with E-state index in [1.54, 1.807) is 0 Å². The maximum atomic E-state index is 11.1. The van der Waals surface area contributed by atoms with Crippen molar-refractivity contribution >= 4 is 16.9 Å². The molecule has 3 N–H and O–H groups in total. The number of aromatic nitrogens is 1. The molecule has 1 aromatic heterocycles. The van der Waals surface area contributed by atoms with E-state index in [2.05, 4.69) is 34.9 Å². The molecule has 4 nitrogen and oxygen atoms in total. The van der Waals surface area contributed by atoms with E-state index < -0.39 is 12.0 Å². The zero-order chi connectivity index (χ0) is 16.6. The molecule has 118 valence electrons. The van der Waals surface area contributed by atoms with Crippen molar-refractivity contribution in [3.63, 3.8) is 0 Å². The minimum Gasteiger partial charge on any atom is -0.480 e. The van der Waals surface area contributed by atoms with E-state index in [0.29, 0.717) is 6.42 Å².